The van der Waals surface area contributed by atoms with E-state index in [0.29, 0.717) is 6.42 Å². The molecule has 0 aliphatic carbocycles. The molecule has 1 N–H and O–H groups in total. The molecule has 0 aliphatic heterocycles. The molecule has 2 nitrogen and oxygen atoms in total. The SMILES string of the molecule is CCCCCCCC/C(Br)=C(/Br)CCCCCCCC(=O)O. The molecule has 0 fully saturated rings. The first-order chi connectivity index (χ1) is 10.6. The highest BCUT2D eigenvalue weighted by Gasteiger charge is 2.02. The summed E-state index contributed by atoms with van der Waals surface area (Å²) in [7, 11) is 0. The first-order valence-corrected chi connectivity index (χ1v) is 10.4. The molecule has 0 saturated carbocycles. The lowest BCUT2D eigenvalue weighted by molar-refractivity contribution is -0.137. The third-order valence-electron chi connectivity index (χ3n) is 3.83. The van der Waals surface area contributed by atoms with Crippen molar-refractivity contribution in [3.8, 4) is 0 Å². The van der Waals surface area contributed by atoms with Gasteiger partial charge in [-0.05, 0) is 32.1 Å². The molecule has 0 unspecified atom stereocenters. The van der Waals surface area contributed by atoms with Crippen molar-refractivity contribution in [1.82, 2.24) is 0 Å². The topological polar surface area (TPSA) is 37.3 Å². The van der Waals surface area contributed by atoms with Crippen LogP contribution in [0, 0.1) is 0 Å². The van der Waals surface area contributed by atoms with Gasteiger partial charge in [-0.1, -0.05) is 90.2 Å². The van der Waals surface area contributed by atoms with E-state index in [4.69, 9.17) is 5.11 Å². The second-order valence-corrected chi connectivity index (χ2v) is 7.90. The third-order valence-corrected chi connectivity index (χ3v) is 6.11. The van der Waals surface area contributed by atoms with Gasteiger partial charge in [0.1, 0.15) is 0 Å². The lowest BCUT2D eigenvalue weighted by atomic mass is 10.1. The predicted octanol–water partition coefficient (Wildman–Crippen LogP) is 7.55. The Bertz CT molecular complexity index is 314. The number of halogens is 2. The predicted molar refractivity (Wildman–Crippen MR) is 103 cm³/mol. The summed E-state index contributed by atoms with van der Waals surface area (Å²) >= 11 is 7.40. The first kappa shape index (κ1) is 22.2. The molecule has 130 valence electrons. The number of rotatable bonds is 15. The number of aliphatic carboxylic acids is 1. The van der Waals surface area contributed by atoms with Gasteiger partial charge in [0, 0.05) is 15.4 Å². The number of carbonyl (C=O) groups is 1. The molecular formula is C18H32Br2O2. The van der Waals surface area contributed by atoms with Crippen molar-refractivity contribution in [3.63, 3.8) is 0 Å². The minimum absolute atomic E-state index is 0.313. The Kier molecular flexibility index (Phi) is 16.2. The van der Waals surface area contributed by atoms with Gasteiger partial charge < -0.3 is 5.11 Å². The highest BCUT2D eigenvalue weighted by atomic mass is 79.9. The maximum absolute atomic E-state index is 10.4. The van der Waals surface area contributed by atoms with Gasteiger partial charge in [0.25, 0.3) is 0 Å². The molecule has 0 spiro atoms. The van der Waals surface area contributed by atoms with Crippen LogP contribution in [0.5, 0.6) is 0 Å². The fourth-order valence-electron chi connectivity index (χ4n) is 2.42. The van der Waals surface area contributed by atoms with Crippen LogP contribution in [-0.4, -0.2) is 11.1 Å². The van der Waals surface area contributed by atoms with Crippen LogP contribution >= 0.6 is 31.9 Å². The Morgan fingerprint density at radius 2 is 1.05 bits per heavy atom. The first-order valence-electron chi connectivity index (χ1n) is 8.82. The minimum Gasteiger partial charge on any atom is -0.481 e. The van der Waals surface area contributed by atoms with E-state index >= 15 is 0 Å². The van der Waals surface area contributed by atoms with Crippen molar-refractivity contribution in [2.45, 2.75) is 96.8 Å². The summed E-state index contributed by atoms with van der Waals surface area (Å²) in [6.07, 6.45) is 15.9. The van der Waals surface area contributed by atoms with Crippen LogP contribution in [0.1, 0.15) is 96.8 Å². The van der Waals surface area contributed by atoms with Crippen LogP contribution in [-0.2, 0) is 4.79 Å². The molecule has 0 bridgehead atoms. The summed E-state index contributed by atoms with van der Waals surface area (Å²) in [4.78, 5) is 10.4. The number of unbranched alkanes of at least 4 members (excludes halogenated alkanes) is 9. The second kappa shape index (κ2) is 16.0. The molecule has 0 aromatic rings. The molecule has 0 amide bonds. The highest BCUT2D eigenvalue weighted by molar-refractivity contribution is 9.14. The molecule has 0 heterocycles. The van der Waals surface area contributed by atoms with E-state index in [9.17, 15) is 4.79 Å². The number of hydrogen-bond donors (Lipinski definition) is 1. The standard InChI is InChI=1S/C18H32Br2O2/c1-2-3-4-5-7-10-13-16(19)17(20)14-11-8-6-9-12-15-18(21)22/h2-15H2,1H3,(H,21,22)/b17-16-. The van der Waals surface area contributed by atoms with Crippen LogP contribution in [0.2, 0.25) is 0 Å². The van der Waals surface area contributed by atoms with Crippen molar-refractivity contribution < 1.29 is 9.90 Å². The summed E-state index contributed by atoms with van der Waals surface area (Å²) in [6, 6.07) is 0. The van der Waals surface area contributed by atoms with Gasteiger partial charge in [-0.15, -0.1) is 0 Å². The van der Waals surface area contributed by atoms with E-state index in [0.717, 1.165) is 32.1 Å². The molecule has 0 saturated heterocycles. The average Bonchev–Trinajstić information content (AvgIpc) is 2.49. The fraction of sp³-hybridized carbons (Fsp3) is 0.833. The molecule has 22 heavy (non-hydrogen) atoms. The lowest BCUT2D eigenvalue weighted by Crippen LogP contribution is -1.93. The average molecular weight is 440 g/mol. The van der Waals surface area contributed by atoms with E-state index in [1.165, 1.54) is 60.3 Å². The number of hydrogen-bond acceptors (Lipinski definition) is 1. The van der Waals surface area contributed by atoms with E-state index in [1.54, 1.807) is 0 Å². The van der Waals surface area contributed by atoms with E-state index < -0.39 is 5.97 Å². The van der Waals surface area contributed by atoms with E-state index in [1.807, 2.05) is 0 Å². The van der Waals surface area contributed by atoms with Crippen molar-refractivity contribution >= 4 is 37.8 Å². The molecule has 4 heteroatoms. The molecule has 0 aromatic heterocycles. The molecule has 0 radical (unpaired) electrons. The molecular weight excluding hydrogens is 408 g/mol. The highest BCUT2D eigenvalue weighted by Crippen LogP contribution is 2.28. The number of carboxylic acids is 1. The Balaban J connectivity index is 3.53. The van der Waals surface area contributed by atoms with Crippen LogP contribution in [0.25, 0.3) is 0 Å². The van der Waals surface area contributed by atoms with Crippen molar-refractivity contribution in [3.05, 3.63) is 8.96 Å². The van der Waals surface area contributed by atoms with Crippen LogP contribution in [0.4, 0.5) is 0 Å². The summed E-state index contributed by atoms with van der Waals surface area (Å²) < 4.78 is 2.64. The smallest absolute Gasteiger partial charge is 0.303 e. The quantitative estimate of drug-likeness (QED) is 0.267. The third kappa shape index (κ3) is 15.1. The summed E-state index contributed by atoms with van der Waals surface area (Å²) in [5.41, 5.74) is 0. The van der Waals surface area contributed by atoms with Crippen LogP contribution in [0.3, 0.4) is 0 Å². The monoisotopic (exact) mass is 438 g/mol. The summed E-state index contributed by atoms with van der Waals surface area (Å²) in [6.45, 7) is 2.25. The maximum atomic E-state index is 10.4. The van der Waals surface area contributed by atoms with Gasteiger partial charge in [-0.2, -0.15) is 0 Å². The Morgan fingerprint density at radius 3 is 1.45 bits per heavy atom. The Labute approximate surface area is 153 Å². The van der Waals surface area contributed by atoms with E-state index in [2.05, 4.69) is 38.8 Å². The molecule has 0 aliphatic rings. The van der Waals surface area contributed by atoms with Gasteiger partial charge in [-0.3, -0.25) is 4.79 Å². The Morgan fingerprint density at radius 1 is 0.682 bits per heavy atom. The van der Waals surface area contributed by atoms with Gasteiger partial charge in [0.05, 0.1) is 0 Å². The van der Waals surface area contributed by atoms with Crippen molar-refractivity contribution in [2.75, 3.05) is 0 Å². The normalized spacial score (nSPS) is 12.3. The zero-order chi connectivity index (χ0) is 16.6. The molecule has 0 atom stereocenters. The lowest BCUT2D eigenvalue weighted by Gasteiger charge is -2.06. The Hall–Kier alpha value is 0.170. The summed E-state index contributed by atoms with van der Waals surface area (Å²) in [5.74, 6) is -0.677. The summed E-state index contributed by atoms with van der Waals surface area (Å²) in [5, 5.41) is 8.56. The van der Waals surface area contributed by atoms with Crippen molar-refractivity contribution in [2.24, 2.45) is 0 Å². The van der Waals surface area contributed by atoms with Gasteiger partial charge in [0.15, 0.2) is 0 Å². The zero-order valence-corrected chi connectivity index (χ0v) is 17.2. The maximum Gasteiger partial charge on any atom is 0.303 e. The zero-order valence-electron chi connectivity index (χ0n) is 14.0. The van der Waals surface area contributed by atoms with Gasteiger partial charge in [0.2, 0.25) is 0 Å². The van der Waals surface area contributed by atoms with Crippen LogP contribution in [0.15, 0.2) is 8.96 Å². The number of allylic oxidation sites excluding steroid dienone is 2. The van der Waals surface area contributed by atoms with Crippen LogP contribution < -0.4 is 0 Å². The fourth-order valence-corrected chi connectivity index (χ4v) is 3.38. The molecule has 0 rings (SSSR count). The number of carboxylic acid groups (broad SMARTS) is 1. The minimum atomic E-state index is -0.677. The van der Waals surface area contributed by atoms with Crippen molar-refractivity contribution in [1.29, 1.82) is 0 Å². The molecule has 0 aromatic carbocycles. The van der Waals surface area contributed by atoms with Gasteiger partial charge >= 0.3 is 5.97 Å². The van der Waals surface area contributed by atoms with E-state index in [-0.39, 0.29) is 0 Å². The van der Waals surface area contributed by atoms with Gasteiger partial charge in [-0.25, -0.2) is 0 Å². The second-order valence-electron chi connectivity index (χ2n) is 5.99. The largest absolute Gasteiger partial charge is 0.481 e.